The van der Waals surface area contributed by atoms with Crippen LogP contribution >= 0.6 is 0 Å². The fraction of sp³-hybridized carbons (Fsp3) is 0.548. The van der Waals surface area contributed by atoms with Crippen molar-refractivity contribution in [2.75, 3.05) is 33.4 Å². The zero-order valence-corrected chi connectivity index (χ0v) is 25.6. The molecule has 0 aromatic heterocycles. The van der Waals surface area contributed by atoms with Gasteiger partial charge in [0.2, 0.25) is 15.9 Å². The molecular formula is C31H41FN2O8S. The number of aliphatic hydroxyl groups is 1. The van der Waals surface area contributed by atoms with E-state index in [4.69, 9.17) is 14.2 Å². The van der Waals surface area contributed by atoms with Crippen LogP contribution in [-0.2, 0) is 29.1 Å². The van der Waals surface area contributed by atoms with Gasteiger partial charge in [-0.25, -0.2) is 12.8 Å². The van der Waals surface area contributed by atoms with Crippen molar-refractivity contribution in [1.29, 1.82) is 0 Å². The fourth-order valence-corrected chi connectivity index (χ4v) is 6.89. The molecule has 2 aliphatic heterocycles. The molecule has 12 heteroatoms. The van der Waals surface area contributed by atoms with E-state index in [1.807, 2.05) is 26.0 Å². The van der Waals surface area contributed by atoms with Crippen LogP contribution in [0, 0.1) is 17.2 Å². The maximum absolute atomic E-state index is 13.5. The molecule has 0 radical (unpaired) electrons. The van der Waals surface area contributed by atoms with Crippen LogP contribution in [0.4, 0.5) is 4.39 Å². The number of nitrogens with one attached hydrogen (secondary N) is 1. The van der Waals surface area contributed by atoms with Crippen molar-refractivity contribution < 1.29 is 41.7 Å². The maximum atomic E-state index is 13.5. The Hall–Kier alpha value is -2.90. The highest BCUT2D eigenvalue weighted by Crippen LogP contribution is 2.38. The number of ether oxygens (including phenoxy) is 3. The third kappa shape index (κ3) is 8.39. The van der Waals surface area contributed by atoms with Gasteiger partial charge in [0.05, 0.1) is 18.6 Å². The first-order valence-corrected chi connectivity index (χ1v) is 16.0. The average Bonchev–Trinajstić information content (AvgIpc) is 3.00. The standard InChI is InChI=1S/C31H41FN2O8S/c1-31(2)20-41-30(22-10-12-24(40-3)13-11-22)42-28(31)26(35)8-5-9-27(36)29(37)33-19-21-14-16-34(17-15-21)43(38,39)25-7-4-6-23(32)18-25/h4,6-7,10-13,18,21,27-28,30,36H,5,8-9,14-17,19-20H2,1-3H3,(H,33,37)/t27?,28-,30?/m0/s1. The predicted molar refractivity (Wildman–Crippen MR) is 156 cm³/mol. The first-order valence-electron chi connectivity index (χ1n) is 14.6. The molecule has 0 saturated carbocycles. The largest absolute Gasteiger partial charge is 0.497 e. The normalized spacial score (nSPS) is 22.1. The second-order valence-corrected chi connectivity index (χ2v) is 13.8. The van der Waals surface area contributed by atoms with Crippen LogP contribution in [0.2, 0.25) is 0 Å². The summed E-state index contributed by atoms with van der Waals surface area (Å²) in [6, 6.07) is 12.2. The van der Waals surface area contributed by atoms with Gasteiger partial charge in [-0.3, -0.25) is 9.59 Å². The summed E-state index contributed by atoms with van der Waals surface area (Å²) in [6.07, 6.45) is -1.02. The number of Topliss-reactive ketones (excluding diaryl/α,β-unsaturated/α-hetero) is 1. The second kappa shape index (κ2) is 14.3. The van der Waals surface area contributed by atoms with Crippen molar-refractivity contribution in [2.24, 2.45) is 11.3 Å². The molecule has 3 atom stereocenters. The van der Waals surface area contributed by atoms with E-state index in [2.05, 4.69) is 5.32 Å². The molecule has 2 fully saturated rings. The van der Waals surface area contributed by atoms with Gasteiger partial charge < -0.3 is 24.6 Å². The Morgan fingerprint density at radius 2 is 1.86 bits per heavy atom. The first kappa shape index (κ1) is 33.0. The van der Waals surface area contributed by atoms with Crippen LogP contribution in [0.15, 0.2) is 53.4 Å². The molecule has 0 spiro atoms. The maximum Gasteiger partial charge on any atom is 0.248 e. The molecule has 1 amide bonds. The molecule has 2 N–H and O–H groups in total. The number of carbonyl (C=O) groups excluding carboxylic acids is 2. The summed E-state index contributed by atoms with van der Waals surface area (Å²) in [7, 11) is -2.20. The van der Waals surface area contributed by atoms with Gasteiger partial charge in [-0.05, 0) is 61.9 Å². The summed E-state index contributed by atoms with van der Waals surface area (Å²) in [5, 5.41) is 13.2. The molecule has 10 nitrogen and oxygen atoms in total. The van der Waals surface area contributed by atoms with Crippen molar-refractivity contribution in [2.45, 2.75) is 69.3 Å². The van der Waals surface area contributed by atoms with E-state index < -0.39 is 45.7 Å². The number of hydrogen-bond acceptors (Lipinski definition) is 8. The number of methoxy groups -OCH3 is 1. The van der Waals surface area contributed by atoms with Gasteiger partial charge in [0.25, 0.3) is 0 Å². The summed E-state index contributed by atoms with van der Waals surface area (Å²) in [5.74, 6) is -0.499. The van der Waals surface area contributed by atoms with Crippen LogP contribution in [-0.4, -0.2) is 75.1 Å². The minimum Gasteiger partial charge on any atom is -0.497 e. The number of carbonyl (C=O) groups is 2. The monoisotopic (exact) mass is 620 g/mol. The lowest BCUT2D eigenvalue weighted by atomic mass is 9.82. The van der Waals surface area contributed by atoms with E-state index in [1.54, 1.807) is 19.2 Å². The molecular weight excluding hydrogens is 579 g/mol. The van der Waals surface area contributed by atoms with Gasteiger partial charge in [0.15, 0.2) is 12.1 Å². The Morgan fingerprint density at radius 3 is 2.51 bits per heavy atom. The Labute approximate surface area is 252 Å². The molecule has 236 valence electrons. The van der Waals surface area contributed by atoms with Crippen LogP contribution in [0.1, 0.15) is 57.8 Å². The van der Waals surface area contributed by atoms with Gasteiger partial charge in [0.1, 0.15) is 23.8 Å². The summed E-state index contributed by atoms with van der Waals surface area (Å²) in [5.41, 5.74) is 0.238. The highest BCUT2D eigenvalue weighted by molar-refractivity contribution is 7.89. The number of ketones is 1. The molecule has 2 heterocycles. The Bertz CT molecular complexity index is 1360. The van der Waals surface area contributed by atoms with Crippen LogP contribution < -0.4 is 10.1 Å². The van der Waals surface area contributed by atoms with Crippen molar-refractivity contribution in [3.63, 3.8) is 0 Å². The lowest BCUT2D eigenvalue weighted by molar-refractivity contribution is -0.257. The zero-order valence-electron chi connectivity index (χ0n) is 24.8. The van der Waals surface area contributed by atoms with Crippen molar-refractivity contribution in [1.82, 2.24) is 9.62 Å². The van der Waals surface area contributed by atoms with Crippen molar-refractivity contribution in [3.8, 4) is 5.75 Å². The number of nitrogens with zero attached hydrogens (tertiary/aromatic N) is 1. The quantitative estimate of drug-likeness (QED) is 0.368. The molecule has 0 bridgehead atoms. The molecule has 43 heavy (non-hydrogen) atoms. The van der Waals surface area contributed by atoms with E-state index >= 15 is 0 Å². The topological polar surface area (TPSA) is 131 Å². The van der Waals surface area contributed by atoms with Gasteiger partial charge in [-0.1, -0.05) is 32.0 Å². The predicted octanol–water partition coefficient (Wildman–Crippen LogP) is 3.59. The summed E-state index contributed by atoms with van der Waals surface area (Å²) in [4.78, 5) is 25.6. The number of hydrogen-bond donors (Lipinski definition) is 2. The number of benzene rings is 2. The number of amides is 1. The summed E-state index contributed by atoms with van der Waals surface area (Å²) >= 11 is 0. The van der Waals surface area contributed by atoms with Gasteiger partial charge in [-0.2, -0.15) is 4.31 Å². The van der Waals surface area contributed by atoms with E-state index in [9.17, 15) is 27.5 Å². The highest BCUT2D eigenvalue weighted by atomic mass is 32.2. The average molecular weight is 621 g/mol. The number of sulfonamides is 1. The number of piperidine rings is 1. The lowest BCUT2D eigenvalue weighted by Gasteiger charge is -2.41. The first-order chi connectivity index (χ1) is 20.4. The van der Waals surface area contributed by atoms with Crippen LogP contribution in [0.25, 0.3) is 0 Å². The molecule has 2 aliphatic rings. The van der Waals surface area contributed by atoms with E-state index in [1.165, 1.54) is 22.5 Å². The summed E-state index contributed by atoms with van der Waals surface area (Å²) in [6.45, 7) is 4.97. The molecule has 2 aromatic rings. The molecule has 2 saturated heterocycles. The molecule has 2 unspecified atom stereocenters. The minimum atomic E-state index is -3.79. The smallest absolute Gasteiger partial charge is 0.248 e. The highest BCUT2D eigenvalue weighted by Gasteiger charge is 2.42. The Morgan fingerprint density at radius 1 is 1.16 bits per heavy atom. The van der Waals surface area contributed by atoms with Crippen LogP contribution in [0.5, 0.6) is 5.75 Å². The van der Waals surface area contributed by atoms with E-state index in [0.717, 1.165) is 11.6 Å². The van der Waals surface area contributed by atoms with Crippen molar-refractivity contribution in [3.05, 3.63) is 59.9 Å². The number of aliphatic hydroxyl groups excluding tert-OH is 1. The zero-order chi connectivity index (χ0) is 31.2. The van der Waals surface area contributed by atoms with E-state index in [0.29, 0.717) is 38.2 Å². The van der Waals surface area contributed by atoms with Gasteiger partial charge in [0, 0.05) is 37.0 Å². The van der Waals surface area contributed by atoms with E-state index in [-0.39, 0.29) is 42.5 Å². The fourth-order valence-electron chi connectivity index (χ4n) is 5.39. The molecule has 2 aromatic carbocycles. The lowest BCUT2D eigenvalue weighted by Crippen LogP contribution is -2.47. The van der Waals surface area contributed by atoms with Gasteiger partial charge in [-0.15, -0.1) is 0 Å². The number of halogens is 1. The van der Waals surface area contributed by atoms with Crippen LogP contribution in [0.3, 0.4) is 0 Å². The Kier molecular flexibility index (Phi) is 10.9. The summed E-state index contributed by atoms with van der Waals surface area (Å²) < 4.78 is 57.6. The third-order valence-electron chi connectivity index (χ3n) is 8.03. The SMILES string of the molecule is COc1ccc(C2OCC(C)(C)[C@H](C(=O)CCCC(O)C(=O)NCC3CCN(S(=O)(=O)c4cccc(F)c4)CC3)O2)cc1. The van der Waals surface area contributed by atoms with Gasteiger partial charge >= 0.3 is 0 Å². The Balaban J connectivity index is 1.18. The molecule has 0 aliphatic carbocycles. The second-order valence-electron chi connectivity index (χ2n) is 11.8. The minimum absolute atomic E-state index is 0.0447. The molecule has 4 rings (SSSR count). The van der Waals surface area contributed by atoms with Crippen molar-refractivity contribution >= 4 is 21.7 Å². The third-order valence-corrected chi connectivity index (χ3v) is 9.93. The number of rotatable bonds is 12.